The van der Waals surface area contributed by atoms with Crippen molar-refractivity contribution in [3.05, 3.63) is 170 Å². The number of fused-ring (bicyclic) bond motifs is 11. The van der Waals surface area contributed by atoms with Gasteiger partial charge in [0.25, 0.3) is 0 Å². The predicted octanol–water partition coefficient (Wildman–Crippen LogP) is 13.7. The van der Waals surface area contributed by atoms with E-state index in [-0.39, 0.29) is 0 Å². The zero-order valence-electron chi connectivity index (χ0n) is 27.5. The van der Waals surface area contributed by atoms with Gasteiger partial charge in [-0.2, -0.15) is 0 Å². The van der Waals surface area contributed by atoms with Gasteiger partial charge in [0.1, 0.15) is 0 Å². The average Bonchev–Trinajstić information content (AvgIpc) is 3.86. The third-order valence-corrected chi connectivity index (χ3v) is 12.2. The van der Waals surface area contributed by atoms with Crippen LogP contribution in [-0.2, 0) is 0 Å². The van der Waals surface area contributed by atoms with Crippen LogP contribution in [0.5, 0.6) is 0 Å². The van der Waals surface area contributed by atoms with Gasteiger partial charge >= 0.3 is 0 Å². The summed E-state index contributed by atoms with van der Waals surface area (Å²) in [5.74, 6) is 0. The molecule has 0 fully saturated rings. The maximum Gasteiger partial charge on any atom is 0.0620 e. The molecule has 51 heavy (non-hydrogen) atoms. The second kappa shape index (κ2) is 10.1. The third-order valence-electron chi connectivity index (χ3n) is 11.1. The lowest BCUT2D eigenvalue weighted by Crippen LogP contribution is -1.93. The molecular weight excluding hydrogens is 637 g/mol. The van der Waals surface area contributed by atoms with E-state index in [1.807, 2.05) is 11.3 Å². The van der Waals surface area contributed by atoms with E-state index in [1.165, 1.54) is 102 Å². The SMILES string of the molecule is c1ccc(-c2ccc(-n3c4ccccc4c4c5c6cccc7c8cccc9sc%10cccc(c%11ccccc%11n(c5ccc43)c76)c%10c98)cc2)cc1. The Bertz CT molecular complexity index is 3400. The van der Waals surface area contributed by atoms with Gasteiger partial charge in [0.15, 0.2) is 0 Å². The number of benzene rings is 8. The van der Waals surface area contributed by atoms with Crippen molar-refractivity contribution in [2.75, 3.05) is 0 Å². The highest BCUT2D eigenvalue weighted by Gasteiger charge is 2.22. The highest BCUT2D eigenvalue weighted by atomic mass is 32.1. The van der Waals surface area contributed by atoms with Crippen LogP contribution < -0.4 is 0 Å². The van der Waals surface area contributed by atoms with Crippen molar-refractivity contribution in [2.24, 2.45) is 0 Å². The number of para-hydroxylation sites is 3. The van der Waals surface area contributed by atoms with E-state index in [0.29, 0.717) is 0 Å². The normalized spacial score (nSPS) is 12.3. The molecule has 3 heteroatoms. The molecule has 12 aromatic rings. The van der Waals surface area contributed by atoms with Gasteiger partial charge in [0.05, 0.1) is 27.6 Å². The average molecular weight is 665 g/mol. The Morgan fingerprint density at radius 1 is 0.314 bits per heavy atom. The molecule has 0 unspecified atom stereocenters. The van der Waals surface area contributed by atoms with Crippen molar-refractivity contribution >= 4 is 102 Å². The Balaban J connectivity index is 1.30. The summed E-state index contributed by atoms with van der Waals surface area (Å²) in [4.78, 5) is 0. The molecule has 0 aliphatic carbocycles. The quantitative estimate of drug-likeness (QED) is 0.174. The van der Waals surface area contributed by atoms with Crippen molar-refractivity contribution < 1.29 is 0 Å². The molecule has 0 bridgehead atoms. The molecule has 12 rings (SSSR count). The third kappa shape index (κ3) is 3.60. The fraction of sp³-hybridized carbons (Fsp3) is 0. The fourth-order valence-electron chi connectivity index (χ4n) is 9.01. The lowest BCUT2D eigenvalue weighted by molar-refractivity contribution is 1.18. The lowest BCUT2D eigenvalue weighted by Gasteiger charge is -2.10. The number of hydrogen-bond donors (Lipinski definition) is 0. The van der Waals surface area contributed by atoms with Crippen LogP contribution in [0.25, 0.3) is 108 Å². The van der Waals surface area contributed by atoms with E-state index in [4.69, 9.17) is 0 Å². The summed E-state index contributed by atoms with van der Waals surface area (Å²) in [5, 5.41) is 13.0. The summed E-state index contributed by atoms with van der Waals surface area (Å²) < 4.78 is 7.67. The summed E-state index contributed by atoms with van der Waals surface area (Å²) in [6, 6.07) is 62.9. The number of thiophene rings is 1. The molecule has 0 radical (unpaired) electrons. The minimum atomic E-state index is 1.16. The van der Waals surface area contributed by atoms with Gasteiger partial charge in [-0.05, 0) is 70.4 Å². The molecule has 0 saturated carbocycles. The van der Waals surface area contributed by atoms with Gasteiger partial charge in [0.2, 0.25) is 0 Å². The Morgan fingerprint density at radius 3 is 1.65 bits per heavy atom. The Kier molecular flexibility index (Phi) is 5.41. The molecule has 4 aromatic heterocycles. The molecule has 236 valence electrons. The second-order valence-corrected chi connectivity index (χ2v) is 14.7. The maximum atomic E-state index is 2.56. The van der Waals surface area contributed by atoms with E-state index in [9.17, 15) is 0 Å². The maximum absolute atomic E-state index is 2.56. The van der Waals surface area contributed by atoms with Gasteiger partial charge in [-0.25, -0.2) is 0 Å². The van der Waals surface area contributed by atoms with Gasteiger partial charge in [-0.3, -0.25) is 0 Å². The van der Waals surface area contributed by atoms with E-state index in [2.05, 4.69) is 179 Å². The van der Waals surface area contributed by atoms with E-state index >= 15 is 0 Å². The van der Waals surface area contributed by atoms with Crippen LogP contribution in [0, 0.1) is 0 Å². The first-order valence-corrected chi connectivity index (χ1v) is 18.3. The predicted molar refractivity (Wildman–Crippen MR) is 220 cm³/mol. The van der Waals surface area contributed by atoms with Crippen LogP contribution >= 0.6 is 11.3 Å². The molecule has 0 aliphatic rings. The molecule has 0 amide bonds. The van der Waals surface area contributed by atoms with Crippen molar-refractivity contribution in [1.82, 2.24) is 8.97 Å². The molecule has 0 saturated heterocycles. The number of hydrogen-bond acceptors (Lipinski definition) is 1. The molecule has 0 atom stereocenters. The summed E-state index contributed by atoms with van der Waals surface area (Å²) >= 11 is 1.90. The molecule has 0 N–H and O–H groups in total. The molecule has 0 aliphatic heterocycles. The lowest BCUT2D eigenvalue weighted by atomic mass is 10.00. The Hall–Kier alpha value is -6.42. The standard InChI is InChI=1S/C48H28N2S/c1-2-11-29(12-3-1)30-23-25-31(26-24-30)49-39-20-7-5-14-36(39)44-40(49)27-28-41-45(44)37-18-8-17-35-34-16-10-22-43-47(34)46-33(15-9-21-42(46)51-43)32-13-4-6-19-38(32)50(41)48(35)37/h1-28H. The Morgan fingerprint density at radius 2 is 0.863 bits per heavy atom. The number of nitrogens with zero attached hydrogens (tertiary/aromatic N) is 2. The summed E-state index contributed by atoms with van der Waals surface area (Å²) in [6.07, 6.45) is 0. The smallest absolute Gasteiger partial charge is 0.0620 e. The molecule has 0 spiro atoms. The first-order chi connectivity index (χ1) is 25.3. The first-order valence-electron chi connectivity index (χ1n) is 17.5. The molecule has 2 nitrogen and oxygen atoms in total. The first kappa shape index (κ1) is 27.4. The van der Waals surface area contributed by atoms with Crippen molar-refractivity contribution in [1.29, 1.82) is 0 Å². The van der Waals surface area contributed by atoms with E-state index in [1.54, 1.807) is 0 Å². The van der Waals surface area contributed by atoms with Gasteiger partial charge < -0.3 is 8.97 Å². The minimum Gasteiger partial charge on any atom is -0.309 e. The van der Waals surface area contributed by atoms with E-state index in [0.717, 1.165) is 5.69 Å². The van der Waals surface area contributed by atoms with Gasteiger partial charge in [0, 0.05) is 58.2 Å². The van der Waals surface area contributed by atoms with Gasteiger partial charge in [-0.1, -0.05) is 121 Å². The number of aromatic nitrogens is 2. The molecular formula is C48H28N2S. The van der Waals surface area contributed by atoms with Crippen LogP contribution in [0.2, 0.25) is 0 Å². The fourth-order valence-corrected chi connectivity index (χ4v) is 10.2. The summed E-state index contributed by atoms with van der Waals surface area (Å²) in [7, 11) is 0. The summed E-state index contributed by atoms with van der Waals surface area (Å²) in [5.41, 5.74) is 9.74. The van der Waals surface area contributed by atoms with Crippen LogP contribution in [0.3, 0.4) is 0 Å². The van der Waals surface area contributed by atoms with Crippen LogP contribution in [0.15, 0.2) is 170 Å². The second-order valence-electron chi connectivity index (χ2n) is 13.6. The van der Waals surface area contributed by atoms with Crippen LogP contribution in [0.4, 0.5) is 0 Å². The van der Waals surface area contributed by atoms with Crippen LogP contribution in [0.1, 0.15) is 0 Å². The number of rotatable bonds is 2. The largest absolute Gasteiger partial charge is 0.309 e. The van der Waals surface area contributed by atoms with Crippen molar-refractivity contribution in [3.8, 4) is 16.8 Å². The topological polar surface area (TPSA) is 9.34 Å². The zero-order chi connectivity index (χ0) is 33.2. The Labute approximate surface area is 296 Å². The zero-order valence-corrected chi connectivity index (χ0v) is 28.3. The highest BCUT2D eigenvalue weighted by molar-refractivity contribution is 7.26. The molecule has 8 aromatic carbocycles. The van der Waals surface area contributed by atoms with Crippen LogP contribution in [-0.4, -0.2) is 8.97 Å². The molecule has 4 heterocycles. The van der Waals surface area contributed by atoms with Crippen molar-refractivity contribution in [3.63, 3.8) is 0 Å². The van der Waals surface area contributed by atoms with Gasteiger partial charge in [-0.15, -0.1) is 11.3 Å². The van der Waals surface area contributed by atoms with E-state index < -0.39 is 0 Å². The monoisotopic (exact) mass is 664 g/mol. The van der Waals surface area contributed by atoms with Crippen molar-refractivity contribution in [2.45, 2.75) is 0 Å². The summed E-state index contributed by atoms with van der Waals surface area (Å²) in [6.45, 7) is 0. The highest BCUT2D eigenvalue weighted by Crippen LogP contribution is 2.47. The minimum absolute atomic E-state index is 1.16.